The summed E-state index contributed by atoms with van der Waals surface area (Å²) in [5.74, 6) is 0.829. The zero-order valence-electron chi connectivity index (χ0n) is 13.4. The van der Waals surface area contributed by atoms with Crippen LogP contribution in [0.2, 0.25) is 5.02 Å². The van der Waals surface area contributed by atoms with Gasteiger partial charge in [-0.1, -0.05) is 16.8 Å². The Hall–Kier alpha value is -2.73. The lowest BCUT2D eigenvalue weighted by Crippen LogP contribution is -2.01. The van der Waals surface area contributed by atoms with E-state index in [0.29, 0.717) is 33.4 Å². The number of nitrogens with zero attached hydrogens (tertiary/aromatic N) is 1. The first-order chi connectivity index (χ1) is 11.6. The van der Waals surface area contributed by atoms with Crippen LogP contribution in [0.25, 0.3) is 0 Å². The second kappa shape index (κ2) is 8.21. The Labute approximate surface area is 144 Å². The Morgan fingerprint density at radius 1 is 1.00 bits per heavy atom. The van der Waals surface area contributed by atoms with E-state index < -0.39 is 5.97 Å². The second-order valence-corrected chi connectivity index (χ2v) is 5.02. The van der Waals surface area contributed by atoms with Gasteiger partial charge >= 0.3 is 5.97 Å². The molecule has 0 heterocycles. The predicted molar refractivity (Wildman–Crippen MR) is 90.6 cm³/mol. The van der Waals surface area contributed by atoms with E-state index in [0.717, 1.165) is 0 Å². The fourth-order valence-electron chi connectivity index (χ4n) is 1.95. The lowest BCUT2D eigenvalue weighted by molar-refractivity contribution is 0.0519. The Balaban J connectivity index is 2.14. The van der Waals surface area contributed by atoms with Crippen molar-refractivity contribution in [3.8, 4) is 17.2 Å². The van der Waals surface area contributed by atoms with Crippen molar-refractivity contribution in [3.05, 3.63) is 52.5 Å². The van der Waals surface area contributed by atoms with Crippen LogP contribution in [0.5, 0.6) is 17.2 Å². The van der Waals surface area contributed by atoms with Crippen LogP contribution in [0.1, 0.15) is 15.9 Å². The first-order valence-corrected chi connectivity index (χ1v) is 7.27. The summed E-state index contributed by atoms with van der Waals surface area (Å²) >= 11 is 5.77. The smallest absolute Gasteiger partial charge is 0.365 e. The van der Waals surface area contributed by atoms with Gasteiger partial charge in [0.25, 0.3) is 0 Å². The highest BCUT2D eigenvalue weighted by Gasteiger charge is 2.12. The van der Waals surface area contributed by atoms with Crippen molar-refractivity contribution in [1.82, 2.24) is 0 Å². The molecular weight excluding hydrogens is 334 g/mol. The number of ether oxygens (including phenoxy) is 3. The molecule has 0 spiro atoms. The molecule has 0 aliphatic heterocycles. The summed E-state index contributed by atoms with van der Waals surface area (Å²) in [7, 11) is 4.54. The molecule has 2 rings (SSSR count). The molecule has 0 aliphatic carbocycles. The third kappa shape index (κ3) is 4.17. The zero-order valence-corrected chi connectivity index (χ0v) is 14.2. The minimum absolute atomic E-state index is 0.349. The van der Waals surface area contributed by atoms with E-state index >= 15 is 0 Å². The molecule has 0 N–H and O–H groups in total. The Kier molecular flexibility index (Phi) is 6.03. The highest BCUT2D eigenvalue weighted by molar-refractivity contribution is 6.30. The van der Waals surface area contributed by atoms with Gasteiger partial charge < -0.3 is 19.0 Å². The molecule has 0 amide bonds. The molecule has 0 aromatic heterocycles. The number of halogens is 1. The molecule has 7 heteroatoms. The van der Waals surface area contributed by atoms with Crippen LogP contribution >= 0.6 is 11.6 Å². The number of carbonyl (C=O) groups is 1. The van der Waals surface area contributed by atoms with E-state index in [9.17, 15) is 4.79 Å². The molecule has 0 saturated heterocycles. The third-order valence-corrected chi connectivity index (χ3v) is 3.36. The van der Waals surface area contributed by atoms with Crippen LogP contribution in [-0.2, 0) is 4.84 Å². The molecule has 2 aromatic carbocycles. The van der Waals surface area contributed by atoms with Gasteiger partial charge in [-0.05, 0) is 36.4 Å². The molecule has 0 radical (unpaired) electrons. The standard InChI is InChI=1S/C17H16ClNO5/c1-21-14-8-11(9-15(22-2)16(14)23-3)10-19-24-17(20)12-4-6-13(18)7-5-12/h4-10H,1-3H3/b19-10-. The third-order valence-electron chi connectivity index (χ3n) is 3.10. The largest absolute Gasteiger partial charge is 0.493 e. The van der Waals surface area contributed by atoms with Gasteiger partial charge in [-0.25, -0.2) is 4.79 Å². The summed E-state index contributed by atoms with van der Waals surface area (Å²) in [5.41, 5.74) is 0.967. The molecule has 0 bridgehead atoms. The molecule has 0 aliphatic rings. The molecule has 0 saturated carbocycles. The number of carbonyl (C=O) groups excluding carboxylic acids is 1. The summed E-state index contributed by atoms with van der Waals surface area (Å²) in [6.07, 6.45) is 1.37. The van der Waals surface area contributed by atoms with Crippen molar-refractivity contribution >= 4 is 23.8 Å². The fraction of sp³-hybridized carbons (Fsp3) is 0.176. The van der Waals surface area contributed by atoms with Crippen LogP contribution in [0, 0.1) is 0 Å². The zero-order chi connectivity index (χ0) is 17.5. The summed E-state index contributed by atoms with van der Waals surface area (Å²) in [6, 6.07) is 9.67. The number of rotatable bonds is 6. The van der Waals surface area contributed by atoms with E-state index in [2.05, 4.69) is 5.16 Å². The van der Waals surface area contributed by atoms with Gasteiger partial charge in [-0.15, -0.1) is 0 Å². The van der Waals surface area contributed by atoms with Crippen molar-refractivity contribution in [2.45, 2.75) is 0 Å². The lowest BCUT2D eigenvalue weighted by atomic mass is 10.2. The van der Waals surface area contributed by atoms with E-state index in [-0.39, 0.29) is 0 Å². The van der Waals surface area contributed by atoms with Gasteiger partial charge in [-0.3, -0.25) is 0 Å². The second-order valence-electron chi connectivity index (χ2n) is 4.58. The van der Waals surface area contributed by atoms with E-state index in [1.165, 1.54) is 27.5 Å². The first-order valence-electron chi connectivity index (χ1n) is 6.89. The van der Waals surface area contributed by atoms with Crippen molar-refractivity contribution < 1.29 is 23.8 Å². The van der Waals surface area contributed by atoms with Crippen LogP contribution in [0.3, 0.4) is 0 Å². The minimum atomic E-state index is -0.588. The van der Waals surface area contributed by atoms with Gasteiger partial charge in [-0.2, -0.15) is 0 Å². The van der Waals surface area contributed by atoms with Crippen LogP contribution in [0.4, 0.5) is 0 Å². The van der Waals surface area contributed by atoms with Crippen LogP contribution in [0.15, 0.2) is 41.6 Å². The average molecular weight is 350 g/mol. The Morgan fingerprint density at radius 3 is 2.08 bits per heavy atom. The van der Waals surface area contributed by atoms with Gasteiger partial charge in [0.05, 0.1) is 33.1 Å². The quantitative estimate of drug-likeness (QED) is 0.453. The van der Waals surface area contributed by atoms with Crippen molar-refractivity contribution in [1.29, 1.82) is 0 Å². The molecule has 6 nitrogen and oxygen atoms in total. The lowest BCUT2D eigenvalue weighted by Gasteiger charge is -2.12. The molecule has 126 valence electrons. The molecule has 0 unspecified atom stereocenters. The van der Waals surface area contributed by atoms with Gasteiger partial charge in [0.1, 0.15) is 0 Å². The van der Waals surface area contributed by atoms with Gasteiger partial charge in [0.2, 0.25) is 5.75 Å². The maximum atomic E-state index is 11.8. The average Bonchev–Trinajstić information content (AvgIpc) is 2.61. The summed E-state index contributed by atoms with van der Waals surface area (Å²) < 4.78 is 15.7. The maximum Gasteiger partial charge on any atom is 0.365 e. The van der Waals surface area contributed by atoms with E-state index in [1.54, 1.807) is 36.4 Å². The topological polar surface area (TPSA) is 66.4 Å². The predicted octanol–water partition coefficient (Wildman–Crippen LogP) is 3.56. The number of oxime groups is 1. The molecule has 0 fully saturated rings. The van der Waals surface area contributed by atoms with Gasteiger partial charge in [0.15, 0.2) is 11.5 Å². The van der Waals surface area contributed by atoms with Crippen molar-refractivity contribution in [2.24, 2.45) is 5.16 Å². The Bertz CT molecular complexity index is 718. The number of hydrogen-bond donors (Lipinski definition) is 0. The minimum Gasteiger partial charge on any atom is -0.493 e. The molecule has 24 heavy (non-hydrogen) atoms. The maximum absolute atomic E-state index is 11.8. The summed E-state index contributed by atoms with van der Waals surface area (Å²) in [4.78, 5) is 16.7. The fourth-order valence-corrected chi connectivity index (χ4v) is 2.08. The molecule has 2 aromatic rings. The van der Waals surface area contributed by atoms with E-state index in [4.69, 9.17) is 30.6 Å². The van der Waals surface area contributed by atoms with Crippen molar-refractivity contribution in [3.63, 3.8) is 0 Å². The first kappa shape index (κ1) is 17.6. The van der Waals surface area contributed by atoms with Gasteiger partial charge in [0, 0.05) is 10.6 Å². The molecular formula is C17H16ClNO5. The van der Waals surface area contributed by atoms with Crippen LogP contribution in [-0.4, -0.2) is 33.5 Å². The number of hydrogen-bond acceptors (Lipinski definition) is 6. The Morgan fingerprint density at radius 2 is 1.58 bits per heavy atom. The van der Waals surface area contributed by atoms with Crippen LogP contribution < -0.4 is 14.2 Å². The highest BCUT2D eigenvalue weighted by atomic mass is 35.5. The highest BCUT2D eigenvalue weighted by Crippen LogP contribution is 2.37. The monoisotopic (exact) mass is 349 g/mol. The summed E-state index contributed by atoms with van der Waals surface area (Å²) in [5, 5.41) is 4.22. The van der Waals surface area contributed by atoms with Crippen molar-refractivity contribution in [2.75, 3.05) is 21.3 Å². The normalized spacial score (nSPS) is 10.5. The van der Waals surface area contributed by atoms with E-state index in [1.807, 2.05) is 0 Å². The summed E-state index contributed by atoms with van der Waals surface area (Å²) in [6.45, 7) is 0. The number of methoxy groups -OCH3 is 3. The molecule has 0 atom stereocenters. The number of benzene rings is 2. The SMILES string of the molecule is COc1cc(/C=N\OC(=O)c2ccc(Cl)cc2)cc(OC)c1OC.